The standard InChI is InChI=1S/C15H21NO2/c17-15-7-10-16(11-8-15)9-4-12-18-13-14-5-2-1-3-6-14/h1-3,5-6H,4,7-13H2. The smallest absolute Gasteiger partial charge is 0.135 e. The highest BCUT2D eigenvalue weighted by Crippen LogP contribution is 2.06. The number of ether oxygens (including phenoxy) is 1. The Bertz CT molecular complexity index is 354. The number of Topliss-reactive ketones (excluding diaryl/α,β-unsaturated/α-hetero) is 1. The number of carbonyl (C=O) groups is 1. The van der Waals surface area contributed by atoms with E-state index in [0.29, 0.717) is 12.4 Å². The predicted molar refractivity (Wildman–Crippen MR) is 71.4 cm³/mol. The fourth-order valence-corrected chi connectivity index (χ4v) is 2.18. The van der Waals surface area contributed by atoms with Crippen LogP contribution in [0.2, 0.25) is 0 Å². The van der Waals surface area contributed by atoms with E-state index in [-0.39, 0.29) is 0 Å². The third kappa shape index (κ3) is 4.59. The van der Waals surface area contributed by atoms with Crippen LogP contribution in [0.25, 0.3) is 0 Å². The number of nitrogens with zero attached hydrogens (tertiary/aromatic N) is 1. The maximum atomic E-state index is 11.1. The van der Waals surface area contributed by atoms with Crippen molar-refractivity contribution in [2.75, 3.05) is 26.2 Å². The number of carbonyl (C=O) groups excluding carboxylic acids is 1. The van der Waals surface area contributed by atoms with Crippen molar-refractivity contribution in [2.45, 2.75) is 25.9 Å². The number of ketones is 1. The van der Waals surface area contributed by atoms with Crippen LogP contribution in [0.1, 0.15) is 24.8 Å². The van der Waals surface area contributed by atoms with Crippen LogP contribution in [0.15, 0.2) is 30.3 Å². The van der Waals surface area contributed by atoms with Gasteiger partial charge in [0.2, 0.25) is 0 Å². The van der Waals surface area contributed by atoms with E-state index in [4.69, 9.17) is 4.74 Å². The Morgan fingerprint density at radius 2 is 1.83 bits per heavy atom. The van der Waals surface area contributed by atoms with Gasteiger partial charge in [-0.15, -0.1) is 0 Å². The van der Waals surface area contributed by atoms with Crippen LogP contribution >= 0.6 is 0 Å². The van der Waals surface area contributed by atoms with Gasteiger partial charge in [0.05, 0.1) is 6.61 Å². The van der Waals surface area contributed by atoms with Gasteiger partial charge in [-0.1, -0.05) is 30.3 Å². The molecule has 1 aliphatic rings. The van der Waals surface area contributed by atoms with Gasteiger partial charge in [0.1, 0.15) is 5.78 Å². The number of piperidine rings is 1. The van der Waals surface area contributed by atoms with Crippen molar-refractivity contribution in [1.29, 1.82) is 0 Å². The molecular weight excluding hydrogens is 226 g/mol. The van der Waals surface area contributed by atoms with Gasteiger partial charge in [0, 0.05) is 39.1 Å². The number of rotatable bonds is 6. The van der Waals surface area contributed by atoms with Crippen molar-refractivity contribution in [3.8, 4) is 0 Å². The quantitative estimate of drug-likeness (QED) is 0.722. The normalized spacial score (nSPS) is 17.0. The summed E-state index contributed by atoms with van der Waals surface area (Å²) in [5.41, 5.74) is 1.22. The molecule has 0 bridgehead atoms. The van der Waals surface area contributed by atoms with Gasteiger partial charge in [0.25, 0.3) is 0 Å². The van der Waals surface area contributed by atoms with E-state index in [0.717, 1.165) is 45.5 Å². The zero-order valence-electron chi connectivity index (χ0n) is 10.8. The van der Waals surface area contributed by atoms with Gasteiger partial charge in [-0.2, -0.15) is 0 Å². The molecule has 0 saturated carbocycles. The topological polar surface area (TPSA) is 29.5 Å². The van der Waals surface area contributed by atoms with Crippen LogP contribution in [-0.4, -0.2) is 36.9 Å². The van der Waals surface area contributed by atoms with E-state index in [1.165, 1.54) is 5.56 Å². The average molecular weight is 247 g/mol. The minimum absolute atomic E-state index is 0.409. The summed E-state index contributed by atoms with van der Waals surface area (Å²) in [5, 5.41) is 0. The highest BCUT2D eigenvalue weighted by atomic mass is 16.5. The molecule has 0 radical (unpaired) electrons. The molecule has 18 heavy (non-hydrogen) atoms. The summed E-state index contributed by atoms with van der Waals surface area (Å²) < 4.78 is 5.64. The second-order valence-corrected chi connectivity index (χ2v) is 4.77. The largest absolute Gasteiger partial charge is 0.377 e. The fraction of sp³-hybridized carbons (Fsp3) is 0.533. The van der Waals surface area contributed by atoms with Gasteiger partial charge in [-0.3, -0.25) is 4.79 Å². The van der Waals surface area contributed by atoms with Gasteiger partial charge in [-0.25, -0.2) is 0 Å². The molecule has 0 aromatic heterocycles. The Labute approximate surface area is 109 Å². The molecule has 1 heterocycles. The molecule has 3 heteroatoms. The Morgan fingerprint density at radius 3 is 2.56 bits per heavy atom. The lowest BCUT2D eigenvalue weighted by Gasteiger charge is -2.25. The van der Waals surface area contributed by atoms with Crippen LogP contribution in [0.5, 0.6) is 0 Å². The SMILES string of the molecule is O=C1CCN(CCCOCc2ccccc2)CC1. The first-order valence-corrected chi connectivity index (χ1v) is 6.70. The number of hydrogen-bond acceptors (Lipinski definition) is 3. The van der Waals surface area contributed by atoms with E-state index in [9.17, 15) is 4.79 Å². The Hall–Kier alpha value is -1.19. The Balaban J connectivity index is 1.52. The lowest BCUT2D eigenvalue weighted by Crippen LogP contribution is -2.34. The Morgan fingerprint density at radius 1 is 1.11 bits per heavy atom. The molecule has 0 amide bonds. The molecule has 98 valence electrons. The molecule has 1 aliphatic heterocycles. The average Bonchev–Trinajstić information content (AvgIpc) is 2.42. The van der Waals surface area contributed by atoms with E-state index in [2.05, 4.69) is 17.0 Å². The fourth-order valence-electron chi connectivity index (χ4n) is 2.18. The summed E-state index contributed by atoms with van der Waals surface area (Å²) in [6.45, 7) is 4.38. The van der Waals surface area contributed by atoms with Crippen LogP contribution < -0.4 is 0 Å². The highest BCUT2D eigenvalue weighted by Gasteiger charge is 2.14. The summed E-state index contributed by atoms with van der Waals surface area (Å²) in [7, 11) is 0. The zero-order chi connectivity index (χ0) is 12.6. The first kappa shape index (κ1) is 13.2. The highest BCUT2D eigenvalue weighted by molar-refractivity contribution is 5.79. The molecule has 0 N–H and O–H groups in total. The molecule has 1 aromatic rings. The summed E-state index contributed by atoms with van der Waals surface area (Å²) >= 11 is 0. The molecule has 0 unspecified atom stereocenters. The third-order valence-electron chi connectivity index (χ3n) is 3.29. The van der Waals surface area contributed by atoms with Crippen molar-refractivity contribution < 1.29 is 9.53 Å². The summed E-state index contributed by atoms with van der Waals surface area (Å²) in [6.07, 6.45) is 2.50. The number of hydrogen-bond donors (Lipinski definition) is 0. The molecule has 0 spiro atoms. The van der Waals surface area contributed by atoms with Crippen molar-refractivity contribution in [1.82, 2.24) is 4.90 Å². The Kier molecular flexibility index (Phi) is 5.36. The molecule has 1 fully saturated rings. The van der Waals surface area contributed by atoms with Gasteiger partial charge >= 0.3 is 0 Å². The van der Waals surface area contributed by atoms with Crippen molar-refractivity contribution in [3.05, 3.63) is 35.9 Å². The molecular formula is C15H21NO2. The van der Waals surface area contributed by atoms with Crippen LogP contribution in [0, 0.1) is 0 Å². The van der Waals surface area contributed by atoms with E-state index in [1.807, 2.05) is 18.2 Å². The van der Waals surface area contributed by atoms with Gasteiger partial charge in [-0.05, 0) is 12.0 Å². The van der Waals surface area contributed by atoms with Crippen molar-refractivity contribution in [2.24, 2.45) is 0 Å². The molecule has 1 saturated heterocycles. The summed E-state index contributed by atoms with van der Waals surface area (Å²) in [6, 6.07) is 10.2. The van der Waals surface area contributed by atoms with Crippen LogP contribution in [0.3, 0.4) is 0 Å². The predicted octanol–water partition coefficient (Wildman–Crippen LogP) is 2.26. The van der Waals surface area contributed by atoms with E-state index < -0.39 is 0 Å². The minimum atomic E-state index is 0.409. The first-order chi connectivity index (χ1) is 8.84. The van der Waals surface area contributed by atoms with Crippen LogP contribution in [-0.2, 0) is 16.1 Å². The maximum absolute atomic E-state index is 11.1. The second-order valence-electron chi connectivity index (χ2n) is 4.77. The van der Waals surface area contributed by atoms with Gasteiger partial charge < -0.3 is 9.64 Å². The minimum Gasteiger partial charge on any atom is -0.377 e. The first-order valence-electron chi connectivity index (χ1n) is 6.70. The lowest BCUT2D eigenvalue weighted by atomic mass is 10.1. The lowest BCUT2D eigenvalue weighted by molar-refractivity contribution is -0.121. The van der Waals surface area contributed by atoms with Crippen LogP contribution in [0.4, 0.5) is 0 Å². The third-order valence-corrected chi connectivity index (χ3v) is 3.29. The zero-order valence-corrected chi connectivity index (χ0v) is 10.8. The molecule has 3 nitrogen and oxygen atoms in total. The van der Waals surface area contributed by atoms with E-state index in [1.54, 1.807) is 0 Å². The molecule has 2 rings (SSSR count). The monoisotopic (exact) mass is 247 g/mol. The number of likely N-dealkylation sites (tertiary alicyclic amines) is 1. The maximum Gasteiger partial charge on any atom is 0.135 e. The number of benzene rings is 1. The molecule has 0 atom stereocenters. The van der Waals surface area contributed by atoms with Crippen molar-refractivity contribution >= 4 is 5.78 Å². The summed E-state index contributed by atoms with van der Waals surface area (Å²) in [4.78, 5) is 13.4. The molecule has 1 aromatic carbocycles. The van der Waals surface area contributed by atoms with Crippen molar-refractivity contribution in [3.63, 3.8) is 0 Å². The summed E-state index contributed by atoms with van der Waals surface area (Å²) in [5.74, 6) is 0.409. The molecule has 0 aliphatic carbocycles. The van der Waals surface area contributed by atoms with Gasteiger partial charge in [0.15, 0.2) is 0 Å². The second kappa shape index (κ2) is 7.29. The van der Waals surface area contributed by atoms with E-state index >= 15 is 0 Å².